The minimum atomic E-state index is -0.710. The Balaban J connectivity index is 1.97. The molecule has 1 heterocycles. The first-order valence-corrected chi connectivity index (χ1v) is 7.87. The van der Waals surface area contributed by atoms with E-state index in [0.29, 0.717) is 18.9 Å². The molecule has 21 heavy (non-hydrogen) atoms. The first kappa shape index (κ1) is 16.3. The minimum Gasteiger partial charge on any atom is -0.444 e. The maximum atomic E-state index is 12.5. The van der Waals surface area contributed by atoms with Crippen LogP contribution < -0.4 is 5.32 Å². The molecule has 5 nitrogen and oxygen atoms in total. The highest BCUT2D eigenvalue weighted by Crippen LogP contribution is 2.33. The van der Waals surface area contributed by atoms with Crippen molar-refractivity contribution in [3.8, 4) is 0 Å². The quantitative estimate of drug-likeness (QED) is 0.792. The van der Waals surface area contributed by atoms with E-state index in [1.165, 1.54) is 12.8 Å². The van der Waals surface area contributed by atoms with Gasteiger partial charge in [0.05, 0.1) is 12.6 Å². The highest BCUT2D eigenvalue weighted by molar-refractivity contribution is 5.95. The fourth-order valence-electron chi connectivity index (χ4n) is 2.88. The zero-order chi connectivity index (χ0) is 15.7. The van der Waals surface area contributed by atoms with E-state index in [0.717, 1.165) is 12.8 Å². The van der Waals surface area contributed by atoms with Gasteiger partial charge in [-0.2, -0.15) is 0 Å². The van der Waals surface area contributed by atoms with Gasteiger partial charge in [-0.3, -0.25) is 4.79 Å². The summed E-state index contributed by atoms with van der Waals surface area (Å²) in [7, 11) is 0. The third kappa shape index (κ3) is 4.70. The fourth-order valence-corrected chi connectivity index (χ4v) is 2.88. The number of Topliss-reactive ketones (excluding diaryl/α,β-unsaturated/α-hetero) is 1. The van der Waals surface area contributed by atoms with Crippen LogP contribution in [0.3, 0.4) is 0 Å². The van der Waals surface area contributed by atoms with Crippen molar-refractivity contribution in [2.24, 2.45) is 5.92 Å². The number of nitrogens with one attached hydrogen (secondary N) is 1. The average molecular weight is 297 g/mol. The molecule has 120 valence electrons. The van der Waals surface area contributed by atoms with Gasteiger partial charge >= 0.3 is 6.09 Å². The number of carbonyl (C=O) groups excluding carboxylic acids is 2. The molecule has 1 saturated carbocycles. The Labute approximate surface area is 126 Å². The topological polar surface area (TPSA) is 67.9 Å². The molecule has 5 heteroatoms. The number of carbonyl (C=O) groups is 2. The summed E-state index contributed by atoms with van der Waals surface area (Å²) in [6.45, 7) is 7.67. The Morgan fingerprint density at radius 1 is 1.33 bits per heavy atom. The van der Waals surface area contributed by atoms with Crippen LogP contribution in [0.5, 0.6) is 0 Å². The van der Waals surface area contributed by atoms with Gasteiger partial charge in [-0.05, 0) is 40.0 Å². The van der Waals surface area contributed by atoms with E-state index in [4.69, 9.17) is 9.47 Å². The second-order valence-electron chi connectivity index (χ2n) is 7.47. The molecule has 1 saturated heterocycles. The number of alkyl carbamates (subject to hydrolysis) is 1. The molecule has 1 aliphatic heterocycles. The molecular weight excluding hydrogens is 270 g/mol. The van der Waals surface area contributed by atoms with E-state index in [9.17, 15) is 9.59 Å². The van der Waals surface area contributed by atoms with Crippen LogP contribution in [-0.4, -0.2) is 35.7 Å². The monoisotopic (exact) mass is 297 g/mol. The predicted octanol–water partition coefficient (Wildman–Crippen LogP) is 2.82. The molecule has 2 aliphatic rings. The molecule has 1 N–H and O–H groups in total. The SMILES string of the molecule is CC(C)(C)OC(=O)NC(CC1CCCC1)C(=O)C1(C)CO1. The number of amides is 1. The highest BCUT2D eigenvalue weighted by atomic mass is 16.6. The molecule has 2 atom stereocenters. The molecule has 0 bridgehead atoms. The molecule has 0 radical (unpaired) electrons. The van der Waals surface area contributed by atoms with Crippen molar-refractivity contribution in [1.29, 1.82) is 0 Å². The normalized spacial score (nSPS) is 27.2. The lowest BCUT2D eigenvalue weighted by molar-refractivity contribution is -0.126. The third-order valence-electron chi connectivity index (χ3n) is 4.15. The summed E-state index contributed by atoms with van der Waals surface area (Å²) in [5.74, 6) is 0.483. The first-order chi connectivity index (χ1) is 9.70. The molecule has 2 fully saturated rings. The number of hydrogen-bond donors (Lipinski definition) is 1. The summed E-state index contributed by atoms with van der Waals surface area (Å²) in [4.78, 5) is 24.5. The van der Waals surface area contributed by atoms with Crippen molar-refractivity contribution in [3.63, 3.8) is 0 Å². The smallest absolute Gasteiger partial charge is 0.408 e. The van der Waals surface area contributed by atoms with Gasteiger partial charge in [-0.1, -0.05) is 25.7 Å². The first-order valence-electron chi connectivity index (χ1n) is 7.87. The zero-order valence-electron chi connectivity index (χ0n) is 13.5. The molecular formula is C16H27NO4. The Hall–Kier alpha value is -1.10. The van der Waals surface area contributed by atoms with Gasteiger partial charge in [0.25, 0.3) is 0 Å². The Kier molecular flexibility index (Phi) is 4.61. The third-order valence-corrected chi connectivity index (χ3v) is 4.15. The number of rotatable bonds is 5. The largest absolute Gasteiger partial charge is 0.444 e. The molecule has 0 spiro atoms. The van der Waals surface area contributed by atoms with Crippen LogP contribution in [0.15, 0.2) is 0 Å². The standard InChI is InChI=1S/C16H27NO4/c1-15(2,3)21-14(19)17-12(9-11-7-5-6-8-11)13(18)16(4)10-20-16/h11-12H,5-10H2,1-4H3,(H,17,19). The lowest BCUT2D eigenvalue weighted by Crippen LogP contribution is -2.48. The van der Waals surface area contributed by atoms with Gasteiger partial charge < -0.3 is 14.8 Å². The van der Waals surface area contributed by atoms with E-state index in [1.54, 1.807) is 6.92 Å². The Bertz CT molecular complexity index is 403. The number of ether oxygens (including phenoxy) is 2. The predicted molar refractivity (Wildman–Crippen MR) is 79.1 cm³/mol. The Morgan fingerprint density at radius 3 is 2.38 bits per heavy atom. The minimum absolute atomic E-state index is 0.0275. The van der Waals surface area contributed by atoms with Gasteiger partial charge in [0.1, 0.15) is 11.2 Å². The highest BCUT2D eigenvalue weighted by Gasteiger charge is 2.50. The van der Waals surface area contributed by atoms with Crippen molar-refractivity contribution in [2.75, 3.05) is 6.61 Å². The molecule has 0 aromatic carbocycles. The van der Waals surface area contributed by atoms with Gasteiger partial charge in [0.2, 0.25) is 0 Å². The van der Waals surface area contributed by atoms with Crippen LogP contribution in [0, 0.1) is 5.92 Å². The van der Waals surface area contributed by atoms with E-state index in [2.05, 4.69) is 5.32 Å². The van der Waals surface area contributed by atoms with Crippen molar-refractivity contribution in [3.05, 3.63) is 0 Å². The number of epoxide rings is 1. The lowest BCUT2D eigenvalue weighted by atomic mass is 9.91. The lowest BCUT2D eigenvalue weighted by Gasteiger charge is -2.25. The van der Waals surface area contributed by atoms with Crippen LogP contribution in [-0.2, 0) is 14.3 Å². The molecule has 0 aromatic heterocycles. The maximum absolute atomic E-state index is 12.5. The molecule has 2 unspecified atom stereocenters. The summed E-state index contributed by atoms with van der Waals surface area (Å²) in [5, 5.41) is 2.76. The molecule has 1 aliphatic carbocycles. The van der Waals surface area contributed by atoms with Crippen molar-refractivity contribution in [2.45, 2.75) is 77.0 Å². The maximum Gasteiger partial charge on any atom is 0.408 e. The van der Waals surface area contributed by atoms with Crippen LogP contribution in [0.2, 0.25) is 0 Å². The summed E-state index contributed by atoms with van der Waals surface area (Å²) < 4.78 is 10.5. The molecule has 1 amide bonds. The van der Waals surface area contributed by atoms with Crippen LogP contribution in [0.4, 0.5) is 4.79 Å². The summed E-state index contributed by atoms with van der Waals surface area (Å²) in [5.41, 5.74) is -1.27. The van der Waals surface area contributed by atoms with Gasteiger partial charge in [-0.15, -0.1) is 0 Å². The van der Waals surface area contributed by atoms with Crippen LogP contribution in [0.25, 0.3) is 0 Å². The summed E-state index contributed by atoms with van der Waals surface area (Å²) in [6.07, 6.45) is 4.87. The van der Waals surface area contributed by atoms with E-state index in [1.807, 2.05) is 20.8 Å². The second-order valence-corrected chi connectivity index (χ2v) is 7.47. The van der Waals surface area contributed by atoms with E-state index in [-0.39, 0.29) is 5.78 Å². The van der Waals surface area contributed by atoms with E-state index < -0.39 is 23.3 Å². The molecule has 0 aromatic rings. The zero-order valence-corrected chi connectivity index (χ0v) is 13.5. The van der Waals surface area contributed by atoms with Crippen LogP contribution >= 0.6 is 0 Å². The fraction of sp³-hybridized carbons (Fsp3) is 0.875. The molecule has 2 rings (SSSR count). The second kappa shape index (κ2) is 5.95. The summed E-state index contributed by atoms with van der Waals surface area (Å²) >= 11 is 0. The van der Waals surface area contributed by atoms with Gasteiger partial charge in [0.15, 0.2) is 5.78 Å². The van der Waals surface area contributed by atoms with Crippen molar-refractivity contribution in [1.82, 2.24) is 5.32 Å². The van der Waals surface area contributed by atoms with E-state index >= 15 is 0 Å². The van der Waals surface area contributed by atoms with Crippen molar-refractivity contribution < 1.29 is 19.1 Å². The van der Waals surface area contributed by atoms with Crippen molar-refractivity contribution >= 4 is 11.9 Å². The number of hydrogen-bond acceptors (Lipinski definition) is 4. The summed E-state index contributed by atoms with van der Waals surface area (Å²) in [6, 6.07) is -0.504. The van der Waals surface area contributed by atoms with Gasteiger partial charge in [0, 0.05) is 0 Å². The van der Waals surface area contributed by atoms with Crippen LogP contribution in [0.1, 0.15) is 59.8 Å². The number of ketones is 1. The Morgan fingerprint density at radius 2 is 1.90 bits per heavy atom. The average Bonchev–Trinajstić information content (AvgIpc) is 2.88. The van der Waals surface area contributed by atoms with Gasteiger partial charge in [-0.25, -0.2) is 4.79 Å².